The Balaban J connectivity index is 1.29. The number of aliphatic carboxylic acids is 1. The van der Waals surface area contributed by atoms with Crippen molar-refractivity contribution in [2.45, 2.75) is 75.1 Å². The van der Waals surface area contributed by atoms with Crippen molar-refractivity contribution in [2.24, 2.45) is 0 Å². The first-order chi connectivity index (χ1) is 29.4. The molecule has 1 aliphatic rings. The van der Waals surface area contributed by atoms with Gasteiger partial charge in [-0.25, -0.2) is 9.59 Å². The van der Waals surface area contributed by atoms with E-state index >= 15 is 0 Å². The number of nitrogens with zero attached hydrogens (tertiary/aromatic N) is 2. The summed E-state index contributed by atoms with van der Waals surface area (Å²) in [6.07, 6.45) is 3.73. The van der Waals surface area contributed by atoms with E-state index in [1.165, 1.54) is 0 Å². The number of hydrogen-bond acceptors (Lipinski definition) is 8. The Hall–Kier alpha value is -4.81. The van der Waals surface area contributed by atoms with Crippen LogP contribution in [0.1, 0.15) is 62.3 Å². The van der Waals surface area contributed by atoms with E-state index in [1.807, 2.05) is 75.2 Å². The number of fused-ring (bicyclic) bond motifs is 1. The zero-order valence-corrected chi connectivity index (χ0v) is 37.4. The van der Waals surface area contributed by atoms with Crippen LogP contribution in [0.2, 0.25) is 0 Å². The molecule has 11 heteroatoms. The lowest BCUT2D eigenvalue weighted by Crippen LogP contribution is -2.51. The summed E-state index contributed by atoms with van der Waals surface area (Å²) in [5, 5.41) is 18.3. The largest absolute Gasteiger partial charge is 0.480 e. The van der Waals surface area contributed by atoms with Gasteiger partial charge in [-0.2, -0.15) is 11.8 Å². The third-order valence-electron chi connectivity index (χ3n) is 11.1. The normalized spacial score (nSPS) is 15.7. The second kappa shape index (κ2) is 21.8. The minimum atomic E-state index is -1.03. The van der Waals surface area contributed by atoms with E-state index in [2.05, 4.69) is 117 Å². The van der Waals surface area contributed by atoms with E-state index in [1.54, 1.807) is 11.8 Å². The van der Waals surface area contributed by atoms with Gasteiger partial charge in [0.25, 0.3) is 0 Å². The number of ether oxygens (including phenoxy) is 1. The van der Waals surface area contributed by atoms with Crippen LogP contribution in [0.5, 0.6) is 0 Å². The molecule has 0 bridgehead atoms. The fraction of sp³-hybridized carbons (Fsp3) is 0.380. The molecule has 0 radical (unpaired) electrons. The summed E-state index contributed by atoms with van der Waals surface area (Å²) in [7, 11) is 0. The number of alkyl carbamates (subject to hydrolysis) is 1. The summed E-state index contributed by atoms with van der Waals surface area (Å²) in [5.41, 5.74) is 3.88. The van der Waals surface area contributed by atoms with Gasteiger partial charge < -0.3 is 20.5 Å². The summed E-state index contributed by atoms with van der Waals surface area (Å²) in [6.45, 7) is 8.21. The van der Waals surface area contributed by atoms with Gasteiger partial charge in [-0.1, -0.05) is 133 Å². The molecule has 1 aliphatic heterocycles. The molecule has 61 heavy (non-hydrogen) atoms. The first-order valence-corrected chi connectivity index (χ1v) is 23.6. The number of nitrogens with one attached hydrogen (secondary N) is 2. The average molecular weight is 861 g/mol. The third kappa shape index (κ3) is 12.6. The molecule has 3 N–H and O–H groups in total. The Labute approximate surface area is 370 Å². The van der Waals surface area contributed by atoms with Gasteiger partial charge in [0.05, 0.1) is 17.3 Å². The van der Waals surface area contributed by atoms with E-state index in [4.69, 9.17) is 4.74 Å². The van der Waals surface area contributed by atoms with E-state index in [9.17, 15) is 19.5 Å². The molecule has 9 nitrogen and oxygen atoms in total. The molecule has 1 saturated heterocycles. The number of benzene rings is 5. The number of carbonyl (C=O) groups excluding carboxylic acids is 2. The molecule has 0 unspecified atom stereocenters. The van der Waals surface area contributed by atoms with Gasteiger partial charge >= 0.3 is 12.1 Å². The molecule has 322 valence electrons. The topological polar surface area (TPSA) is 111 Å². The molecular formula is C50H60N4O5S2. The lowest BCUT2D eigenvalue weighted by molar-refractivity contribution is -0.142. The molecule has 6 rings (SSSR count). The van der Waals surface area contributed by atoms with Crippen molar-refractivity contribution >= 4 is 52.3 Å². The average Bonchev–Trinajstić information content (AvgIpc) is 3.68. The van der Waals surface area contributed by atoms with Crippen LogP contribution in [0.25, 0.3) is 10.8 Å². The van der Waals surface area contributed by atoms with Crippen LogP contribution < -0.4 is 10.6 Å². The number of likely N-dealkylation sites (tertiary alicyclic amines) is 1. The van der Waals surface area contributed by atoms with Gasteiger partial charge in [0.2, 0.25) is 5.91 Å². The lowest BCUT2D eigenvalue weighted by atomic mass is 9.84. The number of amides is 2. The predicted molar refractivity (Wildman–Crippen MR) is 251 cm³/mol. The Morgan fingerprint density at radius 2 is 1.41 bits per heavy atom. The first-order valence-electron chi connectivity index (χ1n) is 21.2. The third-order valence-corrected chi connectivity index (χ3v) is 13.4. The number of rotatable bonds is 20. The number of carboxylic acid groups (broad SMARTS) is 1. The Kier molecular flexibility index (Phi) is 16.3. The second-order valence-electron chi connectivity index (χ2n) is 16.8. The van der Waals surface area contributed by atoms with Crippen molar-refractivity contribution in [1.29, 1.82) is 0 Å². The molecule has 5 aromatic carbocycles. The molecule has 1 heterocycles. The molecule has 0 aromatic heterocycles. The summed E-state index contributed by atoms with van der Waals surface area (Å²) in [4.78, 5) is 44.0. The minimum absolute atomic E-state index is 0.0554. The van der Waals surface area contributed by atoms with Crippen LogP contribution in [0.4, 0.5) is 4.79 Å². The van der Waals surface area contributed by atoms with Crippen molar-refractivity contribution in [3.8, 4) is 0 Å². The van der Waals surface area contributed by atoms with Gasteiger partial charge in [0, 0.05) is 31.4 Å². The maximum absolute atomic E-state index is 13.7. The predicted octanol–water partition coefficient (Wildman–Crippen LogP) is 9.05. The summed E-state index contributed by atoms with van der Waals surface area (Å²) >= 11 is 3.37. The number of carbonyl (C=O) groups is 3. The Bertz CT molecular complexity index is 2070. The minimum Gasteiger partial charge on any atom is -0.480 e. The Morgan fingerprint density at radius 3 is 2.00 bits per heavy atom. The number of carboxylic acids is 1. The first kappa shape index (κ1) is 45.7. The smallest absolute Gasteiger partial charge is 0.407 e. The van der Waals surface area contributed by atoms with Crippen molar-refractivity contribution in [2.75, 3.05) is 43.9 Å². The zero-order valence-electron chi connectivity index (χ0n) is 35.8. The van der Waals surface area contributed by atoms with Gasteiger partial charge in [-0.3, -0.25) is 14.6 Å². The molecule has 5 aromatic rings. The van der Waals surface area contributed by atoms with Crippen molar-refractivity contribution in [3.05, 3.63) is 156 Å². The Morgan fingerprint density at radius 1 is 0.820 bits per heavy atom. The molecular weight excluding hydrogens is 801 g/mol. The van der Waals surface area contributed by atoms with Crippen molar-refractivity contribution < 1.29 is 24.2 Å². The van der Waals surface area contributed by atoms with Crippen LogP contribution in [-0.4, -0.2) is 101 Å². The maximum atomic E-state index is 13.7. The zero-order chi connectivity index (χ0) is 43.2. The molecule has 0 spiro atoms. The van der Waals surface area contributed by atoms with Crippen molar-refractivity contribution in [1.82, 2.24) is 20.4 Å². The van der Waals surface area contributed by atoms with Gasteiger partial charge in [-0.15, -0.1) is 11.8 Å². The summed E-state index contributed by atoms with van der Waals surface area (Å²) in [6, 6.07) is 45.1. The molecule has 1 fully saturated rings. The van der Waals surface area contributed by atoms with Crippen LogP contribution in [-0.2, 0) is 25.6 Å². The second-order valence-corrected chi connectivity index (χ2v) is 19.0. The SMILES string of the molecule is CSCC[C@H](NC(=O)CN(Cc1cccc2ccccc12)C[C@@H]1CCCN1C[C@H](CSC(c1ccccc1)(c1ccccc1)c1ccccc1)NC(=O)OC(C)(C)C)C(=O)O. The van der Waals surface area contributed by atoms with Crippen LogP contribution in [0, 0.1) is 0 Å². The highest BCUT2D eigenvalue weighted by Crippen LogP contribution is 2.48. The highest BCUT2D eigenvalue weighted by molar-refractivity contribution is 8.00. The lowest BCUT2D eigenvalue weighted by Gasteiger charge is -2.38. The maximum Gasteiger partial charge on any atom is 0.407 e. The number of thioether (sulfide) groups is 2. The van der Waals surface area contributed by atoms with Crippen molar-refractivity contribution in [3.63, 3.8) is 0 Å². The molecule has 3 atom stereocenters. The summed E-state index contributed by atoms with van der Waals surface area (Å²) < 4.78 is 5.28. The summed E-state index contributed by atoms with van der Waals surface area (Å²) in [5.74, 6) is -0.121. The monoisotopic (exact) mass is 860 g/mol. The van der Waals surface area contributed by atoms with Gasteiger partial charge in [0.15, 0.2) is 0 Å². The standard InChI is InChI=1S/C50H60N4O5S2/c1-49(2,3)59-48(58)51-42(36-61-50(39-21-8-5-9-22-39,40-23-10-6-11-24-40)41-25-12-7-13-26-41)33-54-30-17-27-43(54)34-53(35-46(55)52-45(47(56)57)29-31-60-4)32-38-20-16-19-37-18-14-15-28-44(37)38/h5-16,18-26,28,42-43,45H,17,27,29-36H2,1-4H3,(H,51,58)(H,52,55)(H,56,57)/t42-,43+,45+/m1/s1. The fourth-order valence-electron chi connectivity index (χ4n) is 8.32. The van der Waals surface area contributed by atoms with Gasteiger partial charge in [-0.05, 0) is 91.6 Å². The highest BCUT2D eigenvalue weighted by Gasteiger charge is 2.39. The van der Waals surface area contributed by atoms with Gasteiger partial charge in [0.1, 0.15) is 11.6 Å². The van der Waals surface area contributed by atoms with E-state index in [0.29, 0.717) is 37.6 Å². The van der Waals surface area contributed by atoms with E-state index < -0.39 is 28.5 Å². The molecule has 0 saturated carbocycles. The van der Waals surface area contributed by atoms with Crippen LogP contribution in [0.3, 0.4) is 0 Å². The van der Waals surface area contributed by atoms with E-state index in [0.717, 1.165) is 52.4 Å². The molecule has 2 amide bonds. The highest BCUT2D eigenvalue weighted by atomic mass is 32.2. The van der Waals surface area contributed by atoms with Crippen LogP contribution in [0.15, 0.2) is 133 Å². The van der Waals surface area contributed by atoms with Crippen LogP contribution >= 0.6 is 23.5 Å². The molecule has 0 aliphatic carbocycles. The number of hydrogen-bond donors (Lipinski definition) is 3. The van der Waals surface area contributed by atoms with E-state index in [-0.39, 0.29) is 24.5 Å². The fourth-order valence-corrected chi connectivity index (χ4v) is 10.3. The quantitative estimate of drug-likeness (QED) is 0.0661.